The van der Waals surface area contributed by atoms with Crippen LogP contribution in [-0.2, 0) is 9.59 Å². The molecule has 0 heterocycles. The lowest BCUT2D eigenvalue weighted by molar-refractivity contribution is -0.125. The van der Waals surface area contributed by atoms with Crippen LogP contribution in [0.5, 0.6) is 5.75 Å². The fraction of sp³-hybridized carbons (Fsp3) is 0.385. The maximum atomic E-state index is 12.9. The lowest BCUT2D eigenvalue weighted by Gasteiger charge is -2.15. The van der Waals surface area contributed by atoms with E-state index >= 15 is 0 Å². The summed E-state index contributed by atoms with van der Waals surface area (Å²) in [5.74, 6) is -0.739. The van der Waals surface area contributed by atoms with Gasteiger partial charge in [-0.1, -0.05) is 6.07 Å². The van der Waals surface area contributed by atoms with Gasteiger partial charge in [0.15, 0.2) is 0 Å². The Morgan fingerprint density at radius 2 is 2.10 bits per heavy atom. The molecule has 1 unspecified atom stereocenters. The average molecular weight is 283 g/mol. The third-order valence-electron chi connectivity index (χ3n) is 2.35. The van der Waals surface area contributed by atoms with E-state index in [0.717, 1.165) is 0 Å². The smallest absolute Gasteiger partial charge is 0.239 e. The number of benzene rings is 1. The molecule has 1 atom stereocenters. The normalized spacial score (nSPS) is 11.6. The molecule has 6 nitrogen and oxygen atoms in total. The minimum atomic E-state index is -0.399. The van der Waals surface area contributed by atoms with Gasteiger partial charge in [0.25, 0.3) is 0 Å². The van der Waals surface area contributed by atoms with Crippen LogP contribution >= 0.6 is 0 Å². The SMILES string of the molecule is CC(CNC(=O)CNC(=O)CN)Oc1cccc(F)c1. The number of carbonyl (C=O) groups is 2. The summed E-state index contributed by atoms with van der Waals surface area (Å²) in [6.45, 7) is 1.69. The van der Waals surface area contributed by atoms with Crippen molar-refractivity contribution in [2.75, 3.05) is 19.6 Å². The molecule has 0 aromatic heterocycles. The molecule has 0 bridgehead atoms. The number of halogens is 1. The highest BCUT2D eigenvalue weighted by Crippen LogP contribution is 2.13. The average Bonchev–Trinajstić information content (AvgIpc) is 2.42. The lowest BCUT2D eigenvalue weighted by atomic mass is 10.3. The van der Waals surface area contributed by atoms with Gasteiger partial charge < -0.3 is 21.1 Å². The maximum Gasteiger partial charge on any atom is 0.239 e. The predicted octanol–water partition coefficient (Wildman–Crippen LogP) is -0.216. The van der Waals surface area contributed by atoms with E-state index in [-0.39, 0.29) is 37.5 Å². The van der Waals surface area contributed by atoms with E-state index < -0.39 is 5.91 Å². The van der Waals surface area contributed by atoms with Crippen LogP contribution in [0.25, 0.3) is 0 Å². The van der Waals surface area contributed by atoms with Crippen molar-refractivity contribution < 1.29 is 18.7 Å². The van der Waals surface area contributed by atoms with E-state index in [1.807, 2.05) is 0 Å². The van der Waals surface area contributed by atoms with Gasteiger partial charge >= 0.3 is 0 Å². The highest BCUT2D eigenvalue weighted by atomic mass is 19.1. The topological polar surface area (TPSA) is 93.5 Å². The van der Waals surface area contributed by atoms with Crippen LogP contribution in [0.4, 0.5) is 4.39 Å². The summed E-state index contributed by atoms with van der Waals surface area (Å²) in [6, 6.07) is 5.75. The van der Waals surface area contributed by atoms with Crippen LogP contribution in [0.2, 0.25) is 0 Å². The molecule has 7 heteroatoms. The molecular weight excluding hydrogens is 265 g/mol. The molecule has 0 aliphatic carbocycles. The number of ether oxygens (including phenoxy) is 1. The second-order valence-corrected chi connectivity index (χ2v) is 4.17. The van der Waals surface area contributed by atoms with E-state index in [1.165, 1.54) is 18.2 Å². The van der Waals surface area contributed by atoms with Gasteiger partial charge in [0, 0.05) is 6.07 Å². The largest absolute Gasteiger partial charge is 0.489 e. The molecule has 4 N–H and O–H groups in total. The zero-order chi connectivity index (χ0) is 15.0. The Morgan fingerprint density at radius 1 is 1.35 bits per heavy atom. The van der Waals surface area contributed by atoms with Crippen molar-refractivity contribution in [1.82, 2.24) is 10.6 Å². The summed E-state index contributed by atoms with van der Waals surface area (Å²) in [4.78, 5) is 22.2. The standard InChI is InChI=1S/C13H18FN3O3/c1-9(20-11-4-2-3-10(14)5-11)7-16-13(19)8-17-12(18)6-15/h2-5,9H,6-8,15H2,1H3,(H,16,19)(H,17,18). The van der Waals surface area contributed by atoms with E-state index in [9.17, 15) is 14.0 Å². The Hall–Kier alpha value is -2.15. The van der Waals surface area contributed by atoms with Gasteiger partial charge in [0.05, 0.1) is 19.6 Å². The second-order valence-electron chi connectivity index (χ2n) is 4.17. The van der Waals surface area contributed by atoms with Crippen molar-refractivity contribution in [1.29, 1.82) is 0 Å². The van der Waals surface area contributed by atoms with Crippen LogP contribution in [0.3, 0.4) is 0 Å². The summed E-state index contributed by atoms with van der Waals surface area (Å²) in [5.41, 5.74) is 5.08. The van der Waals surface area contributed by atoms with Crippen molar-refractivity contribution in [2.45, 2.75) is 13.0 Å². The Bertz CT molecular complexity index is 468. The van der Waals surface area contributed by atoms with Crippen LogP contribution in [0, 0.1) is 5.82 Å². The van der Waals surface area contributed by atoms with Crippen molar-refractivity contribution in [3.8, 4) is 5.75 Å². The lowest BCUT2D eigenvalue weighted by Crippen LogP contribution is -2.42. The summed E-state index contributed by atoms with van der Waals surface area (Å²) in [5, 5.41) is 4.93. The Balaban J connectivity index is 2.27. The summed E-state index contributed by atoms with van der Waals surface area (Å²) >= 11 is 0. The summed E-state index contributed by atoms with van der Waals surface area (Å²) < 4.78 is 18.4. The number of rotatable bonds is 7. The first-order valence-electron chi connectivity index (χ1n) is 6.17. The number of nitrogens with two attached hydrogens (primary N) is 1. The van der Waals surface area contributed by atoms with Gasteiger partial charge in [-0.15, -0.1) is 0 Å². The third-order valence-corrected chi connectivity index (χ3v) is 2.35. The minimum absolute atomic E-state index is 0.136. The van der Waals surface area contributed by atoms with Crippen molar-refractivity contribution in [3.05, 3.63) is 30.1 Å². The molecule has 20 heavy (non-hydrogen) atoms. The molecule has 1 aromatic carbocycles. The Morgan fingerprint density at radius 3 is 2.75 bits per heavy atom. The van der Waals surface area contributed by atoms with Crippen LogP contribution < -0.4 is 21.1 Å². The number of hydrogen-bond acceptors (Lipinski definition) is 4. The van der Waals surface area contributed by atoms with Crippen LogP contribution in [0.15, 0.2) is 24.3 Å². The summed E-state index contributed by atoms with van der Waals surface area (Å²) in [6.07, 6.45) is -0.328. The first-order valence-corrected chi connectivity index (χ1v) is 6.17. The molecule has 0 fully saturated rings. The molecule has 0 saturated heterocycles. The van der Waals surface area contributed by atoms with Crippen LogP contribution in [-0.4, -0.2) is 37.6 Å². The van der Waals surface area contributed by atoms with E-state index in [2.05, 4.69) is 10.6 Å². The number of carbonyl (C=O) groups excluding carboxylic acids is 2. The quantitative estimate of drug-likeness (QED) is 0.645. The van der Waals surface area contributed by atoms with Gasteiger partial charge in [-0.2, -0.15) is 0 Å². The zero-order valence-corrected chi connectivity index (χ0v) is 11.2. The highest BCUT2D eigenvalue weighted by molar-refractivity contribution is 5.85. The fourth-order valence-corrected chi connectivity index (χ4v) is 1.39. The molecule has 0 aliphatic heterocycles. The molecule has 1 aromatic rings. The summed E-state index contributed by atoms with van der Waals surface area (Å²) in [7, 11) is 0. The molecule has 2 amide bonds. The molecule has 110 valence electrons. The molecule has 0 aliphatic rings. The van der Waals surface area contributed by atoms with E-state index in [4.69, 9.17) is 10.5 Å². The van der Waals surface area contributed by atoms with Gasteiger partial charge in [-0.3, -0.25) is 9.59 Å². The second kappa shape index (κ2) is 8.11. The molecule has 0 spiro atoms. The molecular formula is C13H18FN3O3. The number of nitrogens with one attached hydrogen (secondary N) is 2. The zero-order valence-electron chi connectivity index (χ0n) is 11.2. The highest BCUT2D eigenvalue weighted by Gasteiger charge is 2.08. The first kappa shape index (κ1) is 15.9. The third kappa shape index (κ3) is 6.14. The number of amides is 2. The van der Waals surface area contributed by atoms with Crippen molar-refractivity contribution in [3.63, 3.8) is 0 Å². The van der Waals surface area contributed by atoms with Gasteiger partial charge in [-0.25, -0.2) is 4.39 Å². The monoisotopic (exact) mass is 283 g/mol. The number of hydrogen-bond donors (Lipinski definition) is 3. The minimum Gasteiger partial charge on any atom is -0.489 e. The Kier molecular flexibility index (Phi) is 6.45. The molecule has 1 rings (SSSR count). The molecule has 0 saturated carbocycles. The maximum absolute atomic E-state index is 12.9. The van der Waals surface area contributed by atoms with Gasteiger partial charge in [0.2, 0.25) is 11.8 Å². The van der Waals surface area contributed by atoms with Gasteiger partial charge in [-0.05, 0) is 19.1 Å². The van der Waals surface area contributed by atoms with E-state index in [1.54, 1.807) is 13.0 Å². The van der Waals surface area contributed by atoms with Gasteiger partial charge in [0.1, 0.15) is 17.7 Å². The van der Waals surface area contributed by atoms with Crippen molar-refractivity contribution in [2.24, 2.45) is 5.73 Å². The molecule has 0 radical (unpaired) electrons. The fourth-order valence-electron chi connectivity index (χ4n) is 1.39. The Labute approximate surface area is 116 Å². The first-order chi connectivity index (χ1) is 9.51. The van der Waals surface area contributed by atoms with Crippen molar-refractivity contribution >= 4 is 11.8 Å². The van der Waals surface area contributed by atoms with E-state index in [0.29, 0.717) is 5.75 Å². The van der Waals surface area contributed by atoms with Crippen LogP contribution in [0.1, 0.15) is 6.92 Å². The predicted molar refractivity (Wildman–Crippen MR) is 71.6 cm³/mol.